The van der Waals surface area contributed by atoms with Crippen LogP contribution in [0.15, 0.2) is 24.3 Å². The Bertz CT molecular complexity index is 384. The van der Waals surface area contributed by atoms with Gasteiger partial charge in [0.25, 0.3) is 0 Å². The number of benzene rings is 1. The lowest BCUT2D eigenvalue weighted by Crippen LogP contribution is -2.29. The second-order valence-electron chi connectivity index (χ2n) is 5.33. The first-order chi connectivity index (χ1) is 8.52. The van der Waals surface area contributed by atoms with Gasteiger partial charge in [-0.2, -0.15) is 0 Å². The third-order valence-corrected chi connectivity index (χ3v) is 3.07. The number of ketones is 1. The first kappa shape index (κ1) is 14.9. The highest BCUT2D eigenvalue weighted by atomic mass is 16.1. The van der Waals surface area contributed by atoms with Crippen LogP contribution in [0.3, 0.4) is 0 Å². The van der Waals surface area contributed by atoms with Crippen molar-refractivity contribution in [1.29, 1.82) is 0 Å². The summed E-state index contributed by atoms with van der Waals surface area (Å²) >= 11 is 0. The van der Waals surface area contributed by atoms with Crippen LogP contribution in [-0.4, -0.2) is 30.3 Å². The van der Waals surface area contributed by atoms with Gasteiger partial charge in [0, 0.05) is 25.1 Å². The van der Waals surface area contributed by atoms with Gasteiger partial charge in [-0.15, -0.1) is 0 Å². The van der Waals surface area contributed by atoms with Crippen molar-refractivity contribution in [2.45, 2.75) is 34.1 Å². The minimum Gasteiger partial charge on any atom is -0.303 e. The maximum absolute atomic E-state index is 12.1. The number of nitrogens with zero attached hydrogens (tertiary/aromatic N) is 1. The summed E-state index contributed by atoms with van der Waals surface area (Å²) in [7, 11) is 0. The minimum absolute atomic E-state index is 0.251. The summed E-state index contributed by atoms with van der Waals surface area (Å²) in [6.07, 6.45) is 0.615. The van der Waals surface area contributed by atoms with Gasteiger partial charge in [0.05, 0.1) is 0 Å². The second-order valence-corrected chi connectivity index (χ2v) is 5.33. The van der Waals surface area contributed by atoms with Crippen molar-refractivity contribution in [2.75, 3.05) is 19.6 Å². The minimum atomic E-state index is 0.251. The molecule has 0 fully saturated rings. The molecule has 1 aromatic carbocycles. The molecule has 0 N–H and O–H groups in total. The monoisotopic (exact) mass is 247 g/mol. The molecule has 0 aliphatic rings. The van der Waals surface area contributed by atoms with E-state index in [0.29, 0.717) is 12.3 Å². The Kier molecular flexibility index (Phi) is 6.06. The van der Waals surface area contributed by atoms with Gasteiger partial charge < -0.3 is 4.90 Å². The molecule has 0 saturated carbocycles. The average Bonchev–Trinajstić information content (AvgIpc) is 2.33. The average molecular weight is 247 g/mol. The number of carbonyl (C=O) groups is 1. The predicted molar refractivity (Wildman–Crippen MR) is 77.1 cm³/mol. The molecule has 0 spiro atoms. The highest BCUT2D eigenvalue weighted by Crippen LogP contribution is 2.08. The van der Waals surface area contributed by atoms with Crippen LogP contribution < -0.4 is 0 Å². The van der Waals surface area contributed by atoms with Crippen molar-refractivity contribution in [2.24, 2.45) is 5.92 Å². The molecule has 1 aromatic rings. The number of carbonyl (C=O) groups excluding carboxylic acids is 1. The van der Waals surface area contributed by atoms with Crippen molar-refractivity contribution in [1.82, 2.24) is 4.90 Å². The molecule has 0 saturated heterocycles. The van der Waals surface area contributed by atoms with E-state index in [0.717, 1.165) is 30.8 Å². The van der Waals surface area contributed by atoms with Crippen LogP contribution in [0.5, 0.6) is 0 Å². The molecular formula is C16H25NO. The van der Waals surface area contributed by atoms with Crippen molar-refractivity contribution in [3.63, 3.8) is 0 Å². The maximum atomic E-state index is 12.1. The van der Waals surface area contributed by atoms with Crippen LogP contribution >= 0.6 is 0 Å². The van der Waals surface area contributed by atoms with Crippen LogP contribution in [-0.2, 0) is 0 Å². The van der Waals surface area contributed by atoms with E-state index in [1.54, 1.807) is 0 Å². The lowest BCUT2D eigenvalue weighted by atomic mass is 10.1. The highest BCUT2D eigenvalue weighted by molar-refractivity contribution is 5.96. The summed E-state index contributed by atoms with van der Waals surface area (Å²) in [5.41, 5.74) is 1.99. The van der Waals surface area contributed by atoms with E-state index in [9.17, 15) is 4.79 Å². The van der Waals surface area contributed by atoms with Crippen LogP contribution in [0.2, 0.25) is 0 Å². The van der Waals surface area contributed by atoms with Crippen LogP contribution in [0.1, 0.15) is 43.1 Å². The predicted octanol–water partition coefficient (Wildman–Crippen LogP) is 3.55. The normalized spacial score (nSPS) is 11.2. The van der Waals surface area contributed by atoms with Crippen LogP contribution in [0.4, 0.5) is 0 Å². The fourth-order valence-electron chi connectivity index (χ4n) is 2.12. The van der Waals surface area contributed by atoms with Crippen LogP contribution in [0, 0.1) is 12.8 Å². The third kappa shape index (κ3) is 5.01. The molecule has 0 atom stereocenters. The Balaban J connectivity index is 2.50. The van der Waals surface area contributed by atoms with Gasteiger partial charge >= 0.3 is 0 Å². The summed E-state index contributed by atoms with van der Waals surface area (Å²) in [6, 6.07) is 7.86. The van der Waals surface area contributed by atoms with Crippen molar-refractivity contribution in [3.8, 4) is 0 Å². The topological polar surface area (TPSA) is 20.3 Å². The molecule has 0 heterocycles. The van der Waals surface area contributed by atoms with Gasteiger partial charge in [-0.3, -0.25) is 4.79 Å². The van der Waals surface area contributed by atoms with E-state index in [1.165, 1.54) is 0 Å². The fourth-order valence-corrected chi connectivity index (χ4v) is 2.12. The highest BCUT2D eigenvalue weighted by Gasteiger charge is 2.10. The van der Waals surface area contributed by atoms with Gasteiger partial charge in [-0.05, 0) is 25.5 Å². The molecule has 0 aliphatic heterocycles. The van der Waals surface area contributed by atoms with Gasteiger partial charge in [-0.25, -0.2) is 0 Å². The Morgan fingerprint density at radius 1 is 1.33 bits per heavy atom. The zero-order valence-electron chi connectivity index (χ0n) is 12.1. The smallest absolute Gasteiger partial charge is 0.164 e. The molecule has 0 radical (unpaired) electrons. The first-order valence-corrected chi connectivity index (χ1v) is 6.85. The van der Waals surface area contributed by atoms with Crippen molar-refractivity contribution < 1.29 is 4.79 Å². The van der Waals surface area contributed by atoms with E-state index in [4.69, 9.17) is 0 Å². The van der Waals surface area contributed by atoms with E-state index in [-0.39, 0.29) is 5.78 Å². The van der Waals surface area contributed by atoms with Gasteiger partial charge in [0.2, 0.25) is 0 Å². The van der Waals surface area contributed by atoms with E-state index in [2.05, 4.69) is 25.7 Å². The molecule has 0 bridgehead atoms. The third-order valence-electron chi connectivity index (χ3n) is 3.07. The molecule has 1 rings (SSSR count). The molecule has 100 valence electrons. The molecule has 2 nitrogen and oxygen atoms in total. The Morgan fingerprint density at radius 2 is 2.06 bits per heavy atom. The summed E-state index contributed by atoms with van der Waals surface area (Å²) in [5, 5.41) is 0. The fraction of sp³-hybridized carbons (Fsp3) is 0.562. The molecule has 0 aromatic heterocycles. The van der Waals surface area contributed by atoms with E-state index in [1.807, 2.05) is 31.2 Å². The number of Topliss-reactive ketones (excluding diaryl/α,β-unsaturated/α-hetero) is 1. The van der Waals surface area contributed by atoms with Gasteiger partial charge in [-0.1, -0.05) is 44.5 Å². The lowest BCUT2D eigenvalue weighted by molar-refractivity contribution is 0.0962. The first-order valence-electron chi connectivity index (χ1n) is 6.85. The molecular weight excluding hydrogens is 222 g/mol. The molecule has 18 heavy (non-hydrogen) atoms. The SMILES string of the molecule is CCN(CCC(=O)c1cccc(C)c1)CC(C)C. The van der Waals surface area contributed by atoms with E-state index >= 15 is 0 Å². The molecule has 0 unspecified atom stereocenters. The number of rotatable bonds is 7. The quantitative estimate of drug-likeness (QED) is 0.687. The number of aryl methyl sites for hydroxylation is 1. The Morgan fingerprint density at radius 3 is 2.61 bits per heavy atom. The van der Waals surface area contributed by atoms with Crippen molar-refractivity contribution >= 4 is 5.78 Å². The molecule has 0 aliphatic carbocycles. The largest absolute Gasteiger partial charge is 0.303 e. The summed E-state index contributed by atoms with van der Waals surface area (Å²) in [5.74, 6) is 0.903. The number of hydrogen-bond acceptors (Lipinski definition) is 2. The summed E-state index contributed by atoms with van der Waals surface area (Å²) < 4.78 is 0. The molecule has 2 heteroatoms. The zero-order chi connectivity index (χ0) is 13.5. The van der Waals surface area contributed by atoms with Gasteiger partial charge in [0.15, 0.2) is 5.78 Å². The second kappa shape index (κ2) is 7.32. The molecule has 0 amide bonds. The van der Waals surface area contributed by atoms with Crippen LogP contribution in [0.25, 0.3) is 0 Å². The summed E-state index contributed by atoms with van der Waals surface area (Å²) in [4.78, 5) is 14.4. The maximum Gasteiger partial charge on any atom is 0.164 e. The van der Waals surface area contributed by atoms with E-state index < -0.39 is 0 Å². The Hall–Kier alpha value is -1.15. The summed E-state index contributed by atoms with van der Waals surface area (Å²) in [6.45, 7) is 11.5. The lowest BCUT2D eigenvalue weighted by Gasteiger charge is -2.22. The number of hydrogen-bond donors (Lipinski definition) is 0. The Labute approximate surface area is 111 Å². The van der Waals surface area contributed by atoms with Crippen molar-refractivity contribution in [3.05, 3.63) is 35.4 Å². The van der Waals surface area contributed by atoms with Gasteiger partial charge in [0.1, 0.15) is 0 Å². The standard InChI is InChI=1S/C16H25NO/c1-5-17(12-13(2)3)10-9-16(18)15-8-6-7-14(4)11-15/h6-8,11,13H,5,9-10,12H2,1-4H3. The zero-order valence-corrected chi connectivity index (χ0v) is 12.1.